The van der Waals surface area contributed by atoms with Gasteiger partial charge in [-0.2, -0.15) is 0 Å². The summed E-state index contributed by atoms with van der Waals surface area (Å²) in [5.74, 6) is -0.341. The Bertz CT molecular complexity index is 414. The van der Waals surface area contributed by atoms with Crippen LogP contribution < -0.4 is 0 Å². The topological polar surface area (TPSA) is 26.0 Å². The van der Waals surface area contributed by atoms with Crippen LogP contribution in [0.3, 0.4) is 0 Å². The fourth-order valence-electron chi connectivity index (χ4n) is 0.947. The maximum Gasteiger partial charge on any atom is 0.138 e. The summed E-state index contributed by atoms with van der Waals surface area (Å²) in [6, 6.07) is 7.31. The fourth-order valence-corrected chi connectivity index (χ4v) is 1.29. The molecule has 1 aromatic carbocycles. The highest BCUT2D eigenvalue weighted by atomic mass is 79.9. The van der Waals surface area contributed by atoms with E-state index in [1.165, 1.54) is 12.3 Å². The Morgan fingerprint density at radius 3 is 3.00 bits per heavy atom. The lowest BCUT2D eigenvalue weighted by Gasteiger charge is -1.96. The van der Waals surface area contributed by atoms with Crippen LogP contribution in [0.2, 0.25) is 0 Å². The summed E-state index contributed by atoms with van der Waals surface area (Å²) < 4.78 is 17.9. The molecule has 2 nitrogen and oxygen atoms in total. The van der Waals surface area contributed by atoms with Crippen LogP contribution in [-0.4, -0.2) is 5.16 Å². The van der Waals surface area contributed by atoms with Crippen LogP contribution in [0.15, 0.2) is 33.5 Å². The monoisotopic (exact) mass is 240 g/mol. The average molecular weight is 241 g/mol. The summed E-state index contributed by atoms with van der Waals surface area (Å²) in [5, 5.41) is 3.71. The Labute approximate surface area is 82.5 Å². The molecular formula is C9H4BrFNO. The van der Waals surface area contributed by atoms with Gasteiger partial charge in [-0.05, 0) is 34.1 Å². The minimum Gasteiger partial charge on any atom is -0.364 e. The van der Waals surface area contributed by atoms with E-state index in [9.17, 15) is 4.39 Å². The van der Waals surface area contributed by atoms with E-state index in [1.54, 1.807) is 12.1 Å². The van der Waals surface area contributed by atoms with Gasteiger partial charge in [0.1, 0.15) is 17.8 Å². The Morgan fingerprint density at radius 1 is 1.54 bits per heavy atom. The van der Waals surface area contributed by atoms with Gasteiger partial charge in [-0.3, -0.25) is 0 Å². The third kappa shape index (κ3) is 1.62. The molecule has 0 aliphatic rings. The molecule has 0 saturated carbocycles. The van der Waals surface area contributed by atoms with Gasteiger partial charge in [0.25, 0.3) is 0 Å². The highest BCUT2D eigenvalue weighted by Crippen LogP contribution is 2.23. The number of nitrogens with zero attached hydrogens (tertiary/aromatic N) is 1. The van der Waals surface area contributed by atoms with Crippen molar-refractivity contribution in [1.29, 1.82) is 0 Å². The minimum atomic E-state index is -0.341. The van der Waals surface area contributed by atoms with Crippen LogP contribution in [0, 0.1) is 11.9 Å². The van der Waals surface area contributed by atoms with Crippen molar-refractivity contribution in [2.75, 3.05) is 0 Å². The molecule has 1 heterocycles. The summed E-state index contributed by atoms with van der Waals surface area (Å²) in [7, 11) is 0. The van der Waals surface area contributed by atoms with Crippen LogP contribution in [0.25, 0.3) is 11.3 Å². The molecule has 4 heteroatoms. The smallest absolute Gasteiger partial charge is 0.138 e. The summed E-state index contributed by atoms with van der Waals surface area (Å²) in [6.45, 7) is 0. The quantitative estimate of drug-likeness (QED) is 0.766. The lowest BCUT2D eigenvalue weighted by Crippen LogP contribution is -1.81. The zero-order chi connectivity index (χ0) is 9.26. The molecule has 0 fully saturated rings. The molecule has 0 saturated heterocycles. The van der Waals surface area contributed by atoms with Gasteiger partial charge in [-0.25, -0.2) is 4.39 Å². The third-order valence-electron chi connectivity index (χ3n) is 1.57. The first kappa shape index (κ1) is 8.44. The van der Waals surface area contributed by atoms with Gasteiger partial charge in [0.05, 0.1) is 4.47 Å². The SMILES string of the molecule is Fc1c[c]c(-c2ccon2)cc1Br. The van der Waals surface area contributed by atoms with E-state index in [2.05, 4.69) is 31.7 Å². The summed E-state index contributed by atoms with van der Waals surface area (Å²) in [4.78, 5) is 0. The van der Waals surface area contributed by atoms with E-state index in [-0.39, 0.29) is 5.82 Å². The summed E-state index contributed by atoms with van der Waals surface area (Å²) in [6.07, 6.45) is 1.46. The molecule has 0 N–H and O–H groups in total. The molecule has 1 aromatic heterocycles. The number of hydrogen-bond acceptors (Lipinski definition) is 2. The zero-order valence-electron chi connectivity index (χ0n) is 6.42. The van der Waals surface area contributed by atoms with E-state index >= 15 is 0 Å². The van der Waals surface area contributed by atoms with Gasteiger partial charge >= 0.3 is 0 Å². The molecule has 0 spiro atoms. The second-order valence-electron chi connectivity index (χ2n) is 2.43. The number of benzene rings is 1. The Balaban J connectivity index is 2.49. The molecule has 2 aromatic rings. The second-order valence-corrected chi connectivity index (χ2v) is 3.28. The van der Waals surface area contributed by atoms with Gasteiger partial charge < -0.3 is 4.52 Å². The first-order valence-electron chi connectivity index (χ1n) is 3.55. The zero-order valence-corrected chi connectivity index (χ0v) is 8.01. The normalized spacial score (nSPS) is 10.3. The van der Waals surface area contributed by atoms with Gasteiger partial charge in [0.15, 0.2) is 0 Å². The number of aromatic nitrogens is 1. The van der Waals surface area contributed by atoms with Crippen LogP contribution in [0.5, 0.6) is 0 Å². The Kier molecular flexibility index (Phi) is 2.14. The average Bonchev–Trinajstić information content (AvgIpc) is 2.62. The standard InChI is InChI=1S/C9H4BrFNO/c10-7-5-6(1-2-8(7)11)9-3-4-13-12-9/h2-5H. The molecule has 0 aliphatic heterocycles. The second kappa shape index (κ2) is 3.30. The molecule has 0 aliphatic carbocycles. The highest BCUT2D eigenvalue weighted by molar-refractivity contribution is 9.10. The number of hydrogen-bond donors (Lipinski definition) is 0. The predicted molar refractivity (Wildman–Crippen MR) is 48.4 cm³/mol. The van der Waals surface area contributed by atoms with Crippen molar-refractivity contribution in [2.45, 2.75) is 0 Å². The molecule has 65 valence electrons. The molecule has 0 amide bonds. The van der Waals surface area contributed by atoms with Gasteiger partial charge in [0, 0.05) is 11.6 Å². The Hall–Kier alpha value is -1.16. The maximum absolute atomic E-state index is 12.8. The van der Waals surface area contributed by atoms with Crippen LogP contribution >= 0.6 is 15.9 Å². The summed E-state index contributed by atoms with van der Waals surface area (Å²) in [5.41, 5.74) is 1.34. The van der Waals surface area contributed by atoms with Crippen molar-refractivity contribution in [1.82, 2.24) is 5.16 Å². The third-order valence-corrected chi connectivity index (χ3v) is 2.18. The van der Waals surface area contributed by atoms with Crippen molar-refractivity contribution in [2.24, 2.45) is 0 Å². The van der Waals surface area contributed by atoms with Crippen molar-refractivity contribution in [3.63, 3.8) is 0 Å². The van der Waals surface area contributed by atoms with Crippen LogP contribution in [0.1, 0.15) is 0 Å². The predicted octanol–water partition coefficient (Wildman–Crippen LogP) is 3.04. The minimum absolute atomic E-state index is 0.341. The van der Waals surface area contributed by atoms with E-state index in [0.717, 1.165) is 0 Å². The van der Waals surface area contributed by atoms with Gasteiger partial charge in [0.2, 0.25) is 0 Å². The van der Waals surface area contributed by atoms with E-state index < -0.39 is 0 Å². The first-order chi connectivity index (χ1) is 6.27. The van der Waals surface area contributed by atoms with Gasteiger partial charge in [-0.15, -0.1) is 0 Å². The maximum atomic E-state index is 12.8. The lowest BCUT2D eigenvalue weighted by molar-refractivity contribution is 0.422. The van der Waals surface area contributed by atoms with Crippen LogP contribution in [0.4, 0.5) is 4.39 Å². The van der Waals surface area contributed by atoms with Gasteiger partial charge in [-0.1, -0.05) is 5.16 Å². The van der Waals surface area contributed by atoms with E-state index in [1.807, 2.05) is 0 Å². The lowest BCUT2D eigenvalue weighted by atomic mass is 10.1. The van der Waals surface area contributed by atoms with E-state index in [0.29, 0.717) is 15.7 Å². The van der Waals surface area contributed by atoms with E-state index in [4.69, 9.17) is 0 Å². The van der Waals surface area contributed by atoms with Crippen molar-refractivity contribution in [3.05, 3.63) is 40.8 Å². The molecule has 1 radical (unpaired) electrons. The van der Waals surface area contributed by atoms with Crippen molar-refractivity contribution >= 4 is 15.9 Å². The first-order valence-corrected chi connectivity index (χ1v) is 4.34. The molecule has 0 bridgehead atoms. The molecule has 0 atom stereocenters. The van der Waals surface area contributed by atoms with Crippen molar-refractivity contribution in [3.8, 4) is 11.3 Å². The summed E-state index contributed by atoms with van der Waals surface area (Å²) >= 11 is 3.08. The van der Waals surface area contributed by atoms with Crippen LogP contribution in [-0.2, 0) is 0 Å². The molecule has 13 heavy (non-hydrogen) atoms. The highest BCUT2D eigenvalue weighted by Gasteiger charge is 2.04. The number of halogens is 2. The number of rotatable bonds is 1. The molecule has 0 unspecified atom stereocenters. The van der Waals surface area contributed by atoms with Crippen molar-refractivity contribution < 1.29 is 8.91 Å². The molecular weight excluding hydrogens is 237 g/mol. The molecule has 2 rings (SSSR count). The largest absolute Gasteiger partial charge is 0.364 e. The Morgan fingerprint density at radius 2 is 2.38 bits per heavy atom. The fraction of sp³-hybridized carbons (Fsp3) is 0.